The fourth-order valence-electron chi connectivity index (χ4n) is 2.16. The lowest BCUT2D eigenvalue weighted by atomic mass is 9.71. The Morgan fingerprint density at radius 3 is 2.50 bits per heavy atom. The molecule has 0 spiro atoms. The van der Waals surface area contributed by atoms with Gasteiger partial charge in [0.1, 0.15) is 0 Å². The minimum atomic E-state index is 0.0923. The van der Waals surface area contributed by atoms with E-state index in [1.807, 2.05) is 18.2 Å². The van der Waals surface area contributed by atoms with Gasteiger partial charge in [0.15, 0.2) is 0 Å². The van der Waals surface area contributed by atoms with Crippen molar-refractivity contribution in [2.24, 2.45) is 5.92 Å². The normalized spacial score (nSPS) is 23.6. The second kappa shape index (κ2) is 4.66. The van der Waals surface area contributed by atoms with E-state index in [2.05, 4.69) is 12.1 Å². The fourth-order valence-corrected chi connectivity index (χ4v) is 2.16. The summed E-state index contributed by atoms with van der Waals surface area (Å²) in [6.07, 6.45) is 1.88. The molecule has 1 aromatic rings. The van der Waals surface area contributed by atoms with Gasteiger partial charge in [-0.1, -0.05) is 30.3 Å². The fraction of sp³-hybridized carbons (Fsp3) is 0.462. The average Bonchev–Trinajstić information content (AvgIpc) is 2.27. The largest absolute Gasteiger partial charge is 0.275 e. The van der Waals surface area contributed by atoms with E-state index in [-0.39, 0.29) is 11.8 Å². The van der Waals surface area contributed by atoms with E-state index in [0.717, 1.165) is 12.8 Å². The van der Waals surface area contributed by atoms with Gasteiger partial charge in [0, 0.05) is 13.0 Å². The lowest BCUT2D eigenvalue weighted by molar-refractivity contribution is -0.176. The molecule has 1 aliphatic rings. The van der Waals surface area contributed by atoms with E-state index in [1.54, 1.807) is 7.05 Å². The van der Waals surface area contributed by atoms with Crippen LogP contribution in [0, 0.1) is 5.92 Å². The average molecular weight is 219 g/mol. The first-order valence-corrected chi connectivity index (χ1v) is 5.59. The Balaban J connectivity index is 1.89. The molecule has 86 valence electrons. The Hall–Kier alpha value is -1.35. The molecule has 0 heterocycles. The van der Waals surface area contributed by atoms with Crippen LogP contribution in [0.15, 0.2) is 30.3 Å². The zero-order chi connectivity index (χ0) is 11.5. The Morgan fingerprint density at radius 2 is 1.94 bits per heavy atom. The van der Waals surface area contributed by atoms with Gasteiger partial charge in [0.05, 0.1) is 7.11 Å². The molecule has 0 aromatic heterocycles. The molecule has 1 amide bonds. The summed E-state index contributed by atoms with van der Waals surface area (Å²) in [6, 6.07) is 10.4. The second-order valence-electron chi connectivity index (χ2n) is 4.29. The summed E-state index contributed by atoms with van der Waals surface area (Å²) in [6.45, 7) is 0. The summed E-state index contributed by atoms with van der Waals surface area (Å²) < 4.78 is 0. The monoisotopic (exact) mass is 219 g/mol. The lowest BCUT2D eigenvalue weighted by Gasteiger charge is -2.36. The predicted molar refractivity (Wildman–Crippen MR) is 61.7 cm³/mol. The third-order valence-electron chi connectivity index (χ3n) is 3.34. The van der Waals surface area contributed by atoms with Crippen LogP contribution >= 0.6 is 0 Å². The highest BCUT2D eigenvalue weighted by Crippen LogP contribution is 2.42. The summed E-state index contributed by atoms with van der Waals surface area (Å²) >= 11 is 0. The van der Waals surface area contributed by atoms with Crippen molar-refractivity contribution in [3.63, 3.8) is 0 Å². The molecule has 3 nitrogen and oxygen atoms in total. The van der Waals surface area contributed by atoms with Crippen LogP contribution < -0.4 is 0 Å². The van der Waals surface area contributed by atoms with Crippen molar-refractivity contribution < 1.29 is 9.63 Å². The summed E-state index contributed by atoms with van der Waals surface area (Å²) in [5.41, 5.74) is 1.34. The standard InChI is InChI=1S/C13H17NO2/c1-14(16-2)13(15)12-8-11(9-12)10-6-4-3-5-7-10/h3-7,11-12H,8-9H2,1-2H3. The van der Waals surface area contributed by atoms with E-state index in [1.165, 1.54) is 17.7 Å². The molecule has 0 unspecified atom stereocenters. The van der Waals surface area contributed by atoms with E-state index in [9.17, 15) is 4.79 Å². The Bertz CT molecular complexity index is 357. The molecule has 1 fully saturated rings. The van der Waals surface area contributed by atoms with Crippen molar-refractivity contribution >= 4 is 5.91 Å². The molecule has 1 aromatic carbocycles. The lowest BCUT2D eigenvalue weighted by Crippen LogP contribution is -2.38. The number of carbonyl (C=O) groups is 1. The molecule has 16 heavy (non-hydrogen) atoms. The van der Waals surface area contributed by atoms with Gasteiger partial charge in [-0.3, -0.25) is 9.63 Å². The first-order chi connectivity index (χ1) is 7.72. The molecular formula is C13H17NO2. The van der Waals surface area contributed by atoms with E-state index < -0.39 is 0 Å². The van der Waals surface area contributed by atoms with Crippen LogP contribution in [0.2, 0.25) is 0 Å². The van der Waals surface area contributed by atoms with Crippen LogP contribution in [0.4, 0.5) is 0 Å². The zero-order valence-corrected chi connectivity index (χ0v) is 9.72. The highest BCUT2D eigenvalue weighted by molar-refractivity contribution is 5.78. The Kier molecular flexibility index (Phi) is 3.25. The van der Waals surface area contributed by atoms with Crippen LogP contribution in [0.25, 0.3) is 0 Å². The SMILES string of the molecule is CON(C)C(=O)C1CC(c2ccccc2)C1. The van der Waals surface area contributed by atoms with Crippen LogP contribution in [-0.4, -0.2) is 25.1 Å². The van der Waals surface area contributed by atoms with Crippen molar-refractivity contribution in [2.45, 2.75) is 18.8 Å². The number of carbonyl (C=O) groups excluding carboxylic acids is 1. The number of benzene rings is 1. The zero-order valence-electron chi connectivity index (χ0n) is 9.72. The highest BCUT2D eigenvalue weighted by Gasteiger charge is 2.36. The number of hydrogen-bond donors (Lipinski definition) is 0. The molecule has 0 aliphatic heterocycles. The number of rotatable bonds is 3. The molecule has 0 radical (unpaired) electrons. The van der Waals surface area contributed by atoms with E-state index in [0.29, 0.717) is 5.92 Å². The van der Waals surface area contributed by atoms with Crippen molar-refractivity contribution in [1.82, 2.24) is 5.06 Å². The molecule has 0 bridgehead atoms. The topological polar surface area (TPSA) is 29.5 Å². The van der Waals surface area contributed by atoms with Crippen molar-refractivity contribution in [3.05, 3.63) is 35.9 Å². The van der Waals surface area contributed by atoms with Gasteiger partial charge in [-0.05, 0) is 24.3 Å². The summed E-state index contributed by atoms with van der Waals surface area (Å²) in [7, 11) is 3.18. The van der Waals surface area contributed by atoms with E-state index in [4.69, 9.17) is 4.84 Å². The summed E-state index contributed by atoms with van der Waals surface area (Å²) in [5, 5.41) is 1.33. The first-order valence-electron chi connectivity index (χ1n) is 5.59. The summed E-state index contributed by atoms with van der Waals surface area (Å²) in [4.78, 5) is 16.6. The third-order valence-corrected chi connectivity index (χ3v) is 3.34. The van der Waals surface area contributed by atoms with Gasteiger partial charge in [-0.2, -0.15) is 0 Å². The van der Waals surface area contributed by atoms with Gasteiger partial charge in [0.25, 0.3) is 0 Å². The van der Waals surface area contributed by atoms with E-state index >= 15 is 0 Å². The van der Waals surface area contributed by atoms with Crippen molar-refractivity contribution in [1.29, 1.82) is 0 Å². The number of hydrogen-bond acceptors (Lipinski definition) is 2. The predicted octanol–water partition coefficient (Wildman–Crippen LogP) is 2.20. The van der Waals surface area contributed by atoms with Crippen molar-refractivity contribution in [2.75, 3.05) is 14.2 Å². The molecule has 0 saturated heterocycles. The highest BCUT2D eigenvalue weighted by atomic mass is 16.7. The number of hydroxylamine groups is 2. The maximum absolute atomic E-state index is 11.7. The maximum Gasteiger partial charge on any atom is 0.248 e. The molecule has 3 heteroatoms. The number of amides is 1. The minimum absolute atomic E-state index is 0.0923. The van der Waals surface area contributed by atoms with Crippen LogP contribution in [0.5, 0.6) is 0 Å². The van der Waals surface area contributed by atoms with Gasteiger partial charge in [-0.25, -0.2) is 5.06 Å². The third kappa shape index (κ3) is 2.09. The molecule has 0 N–H and O–H groups in total. The van der Waals surface area contributed by atoms with Gasteiger partial charge < -0.3 is 0 Å². The molecule has 1 saturated carbocycles. The van der Waals surface area contributed by atoms with Crippen molar-refractivity contribution in [3.8, 4) is 0 Å². The molecule has 2 rings (SSSR count). The Labute approximate surface area is 96.0 Å². The summed E-state index contributed by atoms with van der Waals surface area (Å²) in [5.74, 6) is 0.769. The van der Waals surface area contributed by atoms with Gasteiger partial charge in [0.2, 0.25) is 5.91 Å². The first kappa shape index (κ1) is 11.1. The maximum atomic E-state index is 11.7. The van der Waals surface area contributed by atoms with Gasteiger partial charge >= 0.3 is 0 Å². The minimum Gasteiger partial charge on any atom is -0.275 e. The van der Waals surface area contributed by atoms with Crippen LogP contribution in [0.1, 0.15) is 24.3 Å². The smallest absolute Gasteiger partial charge is 0.248 e. The van der Waals surface area contributed by atoms with Crippen LogP contribution in [0.3, 0.4) is 0 Å². The molecular weight excluding hydrogens is 202 g/mol. The van der Waals surface area contributed by atoms with Crippen LogP contribution in [-0.2, 0) is 9.63 Å². The van der Waals surface area contributed by atoms with Gasteiger partial charge in [-0.15, -0.1) is 0 Å². The number of nitrogens with zero attached hydrogens (tertiary/aromatic N) is 1. The molecule has 0 atom stereocenters. The molecule has 1 aliphatic carbocycles. The Morgan fingerprint density at radius 1 is 1.31 bits per heavy atom. The second-order valence-corrected chi connectivity index (χ2v) is 4.29. The quantitative estimate of drug-likeness (QED) is 0.729.